The van der Waals surface area contributed by atoms with E-state index in [1.165, 1.54) is 10.4 Å². The van der Waals surface area contributed by atoms with Gasteiger partial charge in [-0.3, -0.25) is 4.79 Å². The van der Waals surface area contributed by atoms with Crippen LogP contribution >= 0.6 is 11.6 Å². The maximum absolute atomic E-state index is 11.8. The number of ether oxygens (including phenoxy) is 1. The first-order chi connectivity index (χ1) is 11.6. The Morgan fingerprint density at radius 2 is 2.29 bits per heavy atom. The Morgan fingerprint density at radius 3 is 3.08 bits per heavy atom. The Labute approximate surface area is 146 Å². The zero-order valence-corrected chi connectivity index (χ0v) is 14.6. The van der Waals surface area contributed by atoms with Gasteiger partial charge in [0.15, 0.2) is 0 Å². The smallest absolute Gasteiger partial charge is 0.287 e. The molecule has 1 atom stereocenters. The van der Waals surface area contributed by atoms with Crippen LogP contribution in [0.25, 0.3) is 0 Å². The third kappa shape index (κ3) is 3.48. The average Bonchev–Trinajstić information content (AvgIpc) is 3.08. The van der Waals surface area contributed by atoms with Crippen LogP contribution in [0.1, 0.15) is 6.42 Å². The fraction of sp³-hybridized carbons (Fsp3) is 0.412. The molecule has 0 amide bonds. The Morgan fingerprint density at radius 1 is 1.46 bits per heavy atom. The molecule has 1 aliphatic rings. The quantitative estimate of drug-likeness (QED) is 0.899. The number of methoxy groups -OCH3 is 1. The molecule has 0 spiro atoms. The number of anilines is 2. The van der Waals surface area contributed by atoms with Crippen molar-refractivity contribution in [3.63, 3.8) is 0 Å². The van der Waals surface area contributed by atoms with Gasteiger partial charge in [-0.25, -0.2) is 4.68 Å². The number of aromatic nitrogens is 2. The van der Waals surface area contributed by atoms with Crippen molar-refractivity contribution >= 4 is 23.0 Å². The second-order valence-corrected chi connectivity index (χ2v) is 6.36. The number of nitrogens with one attached hydrogen (secondary N) is 1. The van der Waals surface area contributed by atoms with Crippen molar-refractivity contribution in [2.24, 2.45) is 13.0 Å². The van der Waals surface area contributed by atoms with Crippen LogP contribution in [0.5, 0.6) is 5.75 Å². The summed E-state index contributed by atoms with van der Waals surface area (Å²) in [4.78, 5) is 14.1. The Balaban J connectivity index is 1.60. The summed E-state index contributed by atoms with van der Waals surface area (Å²) in [5, 5.41) is 7.45. The van der Waals surface area contributed by atoms with Crippen molar-refractivity contribution in [3.8, 4) is 5.75 Å². The molecule has 2 aromatic rings. The maximum Gasteiger partial charge on any atom is 0.287 e. The highest BCUT2D eigenvalue weighted by molar-refractivity contribution is 6.32. The van der Waals surface area contributed by atoms with Crippen LogP contribution in [0.2, 0.25) is 5.02 Å². The van der Waals surface area contributed by atoms with E-state index < -0.39 is 0 Å². The van der Waals surface area contributed by atoms with Crippen molar-refractivity contribution < 1.29 is 4.74 Å². The molecule has 1 saturated heterocycles. The van der Waals surface area contributed by atoms with E-state index in [4.69, 9.17) is 16.3 Å². The SMILES string of the molecule is COc1cccc(N2CCC(CNc3cnn(C)c(=O)c3Cl)C2)c1. The number of halogens is 1. The van der Waals surface area contributed by atoms with E-state index in [2.05, 4.69) is 27.4 Å². The van der Waals surface area contributed by atoms with Gasteiger partial charge in [-0.15, -0.1) is 0 Å². The molecule has 1 unspecified atom stereocenters. The van der Waals surface area contributed by atoms with Gasteiger partial charge in [0.05, 0.1) is 19.0 Å². The summed E-state index contributed by atoms with van der Waals surface area (Å²) >= 11 is 6.08. The second-order valence-electron chi connectivity index (χ2n) is 5.98. The lowest BCUT2D eigenvalue weighted by atomic mass is 10.1. The molecule has 6 nitrogen and oxygen atoms in total. The minimum absolute atomic E-state index is 0.190. The zero-order valence-electron chi connectivity index (χ0n) is 13.8. The number of aryl methyl sites for hydroxylation is 1. The molecular weight excluding hydrogens is 328 g/mol. The van der Waals surface area contributed by atoms with E-state index in [1.54, 1.807) is 20.4 Å². The number of rotatable bonds is 5. The minimum atomic E-state index is -0.286. The first kappa shape index (κ1) is 16.6. The lowest BCUT2D eigenvalue weighted by Gasteiger charge is -2.19. The van der Waals surface area contributed by atoms with Crippen LogP contribution in [-0.4, -0.2) is 36.5 Å². The third-order valence-corrected chi connectivity index (χ3v) is 4.73. The molecule has 0 bridgehead atoms. The summed E-state index contributed by atoms with van der Waals surface area (Å²) in [6, 6.07) is 8.10. The van der Waals surface area contributed by atoms with Crippen molar-refractivity contribution in [2.45, 2.75) is 6.42 Å². The van der Waals surface area contributed by atoms with Gasteiger partial charge in [-0.05, 0) is 24.5 Å². The lowest BCUT2D eigenvalue weighted by Crippen LogP contribution is -2.24. The van der Waals surface area contributed by atoms with Crippen LogP contribution < -0.4 is 20.5 Å². The molecule has 1 N–H and O–H groups in total. The minimum Gasteiger partial charge on any atom is -0.497 e. The average molecular weight is 349 g/mol. The summed E-state index contributed by atoms with van der Waals surface area (Å²) in [5.74, 6) is 1.35. The monoisotopic (exact) mass is 348 g/mol. The van der Waals surface area contributed by atoms with Gasteiger partial charge in [0.25, 0.3) is 5.56 Å². The van der Waals surface area contributed by atoms with Crippen LogP contribution in [0.3, 0.4) is 0 Å². The Kier molecular flexibility index (Phi) is 4.94. The van der Waals surface area contributed by atoms with Gasteiger partial charge in [-0.1, -0.05) is 17.7 Å². The van der Waals surface area contributed by atoms with Gasteiger partial charge in [-0.2, -0.15) is 5.10 Å². The van der Waals surface area contributed by atoms with E-state index in [0.717, 1.165) is 31.8 Å². The molecule has 2 heterocycles. The second kappa shape index (κ2) is 7.13. The van der Waals surface area contributed by atoms with E-state index in [-0.39, 0.29) is 10.6 Å². The van der Waals surface area contributed by atoms with Crippen molar-refractivity contribution in [1.82, 2.24) is 9.78 Å². The maximum atomic E-state index is 11.8. The molecule has 1 aromatic carbocycles. The Hall–Kier alpha value is -2.21. The van der Waals surface area contributed by atoms with Gasteiger partial charge >= 0.3 is 0 Å². The first-order valence-corrected chi connectivity index (χ1v) is 8.31. The van der Waals surface area contributed by atoms with Crippen LogP contribution in [-0.2, 0) is 7.05 Å². The summed E-state index contributed by atoms with van der Waals surface area (Å²) in [5.41, 5.74) is 1.48. The molecule has 0 radical (unpaired) electrons. The number of benzene rings is 1. The molecule has 1 aromatic heterocycles. The summed E-state index contributed by atoms with van der Waals surface area (Å²) < 4.78 is 6.52. The third-order valence-electron chi connectivity index (χ3n) is 4.36. The molecule has 0 aliphatic carbocycles. The van der Waals surface area contributed by atoms with E-state index in [1.807, 2.05) is 12.1 Å². The molecule has 128 valence electrons. The molecule has 7 heteroatoms. The Bertz CT molecular complexity index is 777. The highest BCUT2D eigenvalue weighted by atomic mass is 35.5. The fourth-order valence-corrected chi connectivity index (χ4v) is 3.17. The summed E-state index contributed by atoms with van der Waals surface area (Å²) in [7, 11) is 3.26. The molecule has 0 saturated carbocycles. The van der Waals surface area contributed by atoms with E-state index in [0.29, 0.717) is 11.6 Å². The first-order valence-electron chi connectivity index (χ1n) is 7.93. The highest BCUT2D eigenvalue weighted by Gasteiger charge is 2.23. The highest BCUT2D eigenvalue weighted by Crippen LogP contribution is 2.27. The zero-order chi connectivity index (χ0) is 17.1. The van der Waals surface area contributed by atoms with Crippen molar-refractivity contribution in [3.05, 3.63) is 45.8 Å². The van der Waals surface area contributed by atoms with Crippen molar-refractivity contribution in [2.75, 3.05) is 37.0 Å². The topological polar surface area (TPSA) is 59.4 Å². The molecule has 1 fully saturated rings. The lowest BCUT2D eigenvalue weighted by molar-refractivity contribution is 0.415. The van der Waals surface area contributed by atoms with Gasteiger partial charge in [0.2, 0.25) is 0 Å². The van der Waals surface area contributed by atoms with E-state index >= 15 is 0 Å². The van der Waals surface area contributed by atoms with Gasteiger partial charge < -0.3 is 15.0 Å². The molecule has 1 aliphatic heterocycles. The standard InChI is InChI=1S/C17H21ClN4O2/c1-21-17(23)16(18)15(10-20-21)19-9-12-6-7-22(11-12)13-4-3-5-14(8-13)24-2/h3-5,8,10,12,19H,6-7,9,11H2,1-2H3. The van der Waals surface area contributed by atoms with Gasteiger partial charge in [0, 0.05) is 38.4 Å². The normalized spacial score (nSPS) is 17.1. The summed E-state index contributed by atoms with van der Waals surface area (Å²) in [6.07, 6.45) is 2.68. The summed E-state index contributed by atoms with van der Waals surface area (Å²) in [6.45, 7) is 2.72. The fourth-order valence-electron chi connectivity index (χ4n) is 2.93. The number of hydrogen-bond donors (Lipinski definition) is 1. The molecular formula is C17H21ClN4O2. The predicted octanol–water partition coefficient (Wildman–Crippen LogP) is 2.38. The number of nitrogens with zero attached hydrogens (tertiary/aromatic N) is 3. The molecule has 24 heavy (non-hydrogen) atoms. The van der Waals surface area contributed by atoms with Gasteiger partial charge in [0.1, 0.15) is 10.8 Å². The van der Waals surface area contributed by atoms with Crippen LogP contribution in [0.15, 0.2) is 35.3 Å². The number of hydrogen-bond acceptors (Lipinski definition) is 5. The molecule has 3 rings (SSSR count). The van der Waals surface area contributed by atoms with Crippen LogP contribution in [0.4, 0.5) is 11.4 Å². The van der Waals surface area contributed by atoms with E-state index in [9.17, 15) is 4.79 Å². The van der Waals surface area contributed by atoms with Crippen molar-refractivity contribution in [1.29, 1.82) is 0 Å². The largest absolute Gasteiger partial charge is 0.497 e. The van der Waals surface area contributed by atoms with Crippen LogP contribution in [0, 0.1) is 5.92 Å². The predicted molar refractivity (Wildman–Crippen MR) is 96.3 cm³/mol.